The van der Waals surface area contributed by atoms with Gasteiger partial charge in [-0.15, -0.1) is 11.3 Å². The van der Waals surface area contributed by atoms with Gasteiger partial charge in [-0.25, -0.2) is 4.98 Å². The number of rotatable bonds is 7. The molecule has 0 saturated heterocycles. The number of amides is 1. The molecule has 0 bridgehead atoms. The number of benzene rings is 1. The van der Waals surface area contributed by atoms with Crippen LogP contribution in [-0.4, -0.2) is 29.2 Å². The van der Waals surface area contributed by atoms with Crippen LogP contribution in [0.2, 0.25) is 0 Å². The minimum atomic E-state index is -0.301. The Morgan fingerprint density at radius 3 is 2.60 bits per heavy atom. The van der Waals surface area contributed by atoms with Gasteiger partial charge < -0.3 is 10.1 Å². The van der Waals surface area contributed by atoms with E-state index in [1.807, 2.05) is 29.6 Å². The smallest absolute Gasteiger partial charge is 0.311 e. The highest BCUT2D eigenvalue weighted by Crippen LogP contribution is 2.26. The number of hydrogen-bond donors (Lipinski definition) is 2. The largest absolute Gasteiger partial charge is 0.466 e. The van der Waals surface area contributed by atoms with Crippen LogP contribution in [0.25, 0.3) is 11.3 Å². The van der Waals surface area contributed by atoms with E-state index in [0.717, 1.165) is 16.9 Å². The van der Waals surface area contributed by atoms with Crippen LogP contribution in [0.1, 0.15) is 27.2 Å². The fraction of sp³-hybridized carbons (Fsp3) is 0.294. The molecule has 1 aromatic heterocycles. The lowest BCUT2D eigenvalue weighted by atomic mass is 10.1. The zero-order valence-electron chi connectivity index (χ0n) is 14.3. The predicted octanol–water partition coefficient (Wildman–Crippen LogP) is 3.51. The number of carbonyl (C=O) groups excluding carboxylic acids is 2. The van der Waals surface area contributed by atoms with Crippen LogP contribution in [0, 0.1) is 0 Å². The topological polar surface area (TPSA) is 92.7 Å². The third kappa shape index (κ3) is 6.00. The van der Waals surface area contributed by atoms with Gasteiger partial charge in [0, 0.05) is 29.3 Å². The molecule has 7 nitrogen and oxygen atoms in total. The van der Waals surface area contributed by atoms with E-state index in [0.29, 0.717) is 17.5 Å². The Bertz CT molecular complexity index is 768. The molecule has 1 heterocycles. The number of nitrogens with one attached hydrogen (secondary N) is 2. The number of aromatic nitrogens is 1. The van der Waals surface area contributed by atoms with Crippen LogP contribution in [0.5, 0.6) is 0 Å². The van der Waals surface area contributed by atoms with E-state index >= 15 is 0 Å². The second-order valence-electron chi connectivity index (χ2n) is 5.24. The Morgan fingerprint density at radius 2 is 1.96 bits per heavy atom. The maximum atomic E-state index is 11.4. The zero-order valence-corrected chi connectivity index (χ0v) is 15.1. The van der Waals surface area contributed by atoms with E-state index in [4.69, 9.17) is 4.74 Å². The van der Waals surface area contributed by atoms with Gasteiger partial charge in [-0.05, 0) is 26.0 Å². The Labute approximate surface area is 150 Å². The number of thiazole rings is 1. The van der Waals surface area contributed by atoms with Gasteiger partial charge in [-0.1, -0.05) is 12.1 Å². The first-order valence-corrected chi connectivity index (χ1v) is 8.64. The summed E-state index contributed by atoms with van der Waals surface area (Å²) in [6.07, 6.45) is 0.143. The molecule has 0 aliphatic rings. The number of carbonyl (C=O) groups is 2. The number of nitrogens with zero attached hydrogens (tertiary/aromatic N) is 2. The van der Waals surface area contributed by atoms with Crippen molar-refractivity contribution >= 4 is 39.7 Å². The molecule has 2 aromatic rings. The van der Waals surface area contributed by atoms with Crippen LogP contribution in [0.4, 0.5) is 10.8 Å². The Kier molecular flexibility index (Phi) is 6.64. The highest BCUT2D eigenvalue weighted by atomic mass is 32.1. The number of esters is 1. The number of ether oxygens (including phenoxy) is 1. The average Bonchev–Trinajstić information content (AvgIpc) is 3.02. The Hall–Kier alpha value is -2.74. The predicted molar refractivity (Wildman–Crippen MR) is 99.8 cm³/mol. The lowest BCUT2D eigenvalue weighted by molar-refractivity contribution is -0.141. The van der Waals surface area contributed by atoms with Crippen molar-refractivity contribution in [2.75, 3.05) is 17.3 Å². The second-order valence-corrected chi connectivity index (χ2v) is 6.10. The molecule has 0 unspecified atom stereocenters. The summed E-state index contributed by atoms with van der Waals surface area (Å²) in [5.74, 6) is -0.409. The lowest BCUT2D eigenvalue weighted by Gasteiger charge is -2.03. The van der Waals surface area contributed by atoms with Gasteiger partial charge in [0.15, 0.2) is 0 Å². The molecule has 0 atom stereocenters. The van der Waals surface area contributed by atoms with E-state index in [-0.39, 0.29) is 18.3 Å². The quantitative estimate of drug-likeness (QED) is 0.448. The third-order valence-electron chi connectivity index (χ3n) is 3.05. The van der Waals surface area contributed by atoms with E-state index in [1.165, 1.54) is 18.3 Å². The molecule has 25 heavy (non-hydrogen) atoms. The molecule has 2 N–H and O–H groups in total. The standard InChI is InChI=1S/C17H20N4O3S/c1-4-24-16(23)9-11(2)20-21-17-19-15(10-25-17)13-5-7-14(8-6-13)18-12(3)22/h5-8,10H,4,9H2,1-3H3,(H,18,22)(H,19,21)/b20-11-. The molecule has 0 aliphatic heterocycles. The maximum absolute atomic E-state index is 11.4. The average molecular weight is 360 g/mol. The molecule has 1 amide bonds. The molecule has 0 aliphatic carbocycles. The van der Waals surface area contributed by atoms with Gasteiger partial charge in [-0.2, -0.15) is 5.10 Å². The van der Waals surface area contributed by atoms with Crippen molar-refractivity contribution < 1.29 is 14.3 Å². The molecule has 8 heteroatoms. The number of hydrazone groups is 1. The maximum Gasteiger partial charge on any atom is 0.311 e. The van der Waals surface area contributed by atoms with Crippen molar-refractivity contribution in [3.05, 3.63) is 29.6 Å². The summed E-state index contributed by atoms with van der Waals surface area (Å²) in [5.41, 5.74) is 5.95. The molecular formula is C17H20N4O3S. The first-order chi connectivity index (χ1) is 12.0. The number of anilines is 2. The molecule has 0 saturated carbocycles. The van der Waals surface area contributed by atoms with Gasteiger partial charge in [-0.3, -0.25) is 15.0 Å². The minimum Gasteiger partial charge on any atom is -0.466 e. The van der Waals surface area contributed by atoms with Crippen LogP contribution >= 0.6 is 11.3 Å². The summed E-state index contributed by atoms with van der Waals surface area (Å²) < 4.78 is 4.87. The summed E-state index contributed by atoms with van der Waals surface area (Å²) >= 11 is 1.42. The summed E-state index contributed by atoms with van der Waals surface area (Å²) in [6, 6.07) is 7.43. The van der Waals surface area contributed by atoms with Gasteiger partial charge in [0.2, 0.25) is 11.0 Å². The Morgan fingerprint density at radius 1 is 1.24 bits per heavy atom. The highest BCUT2D eigenvalue weighted by Gasteiger charge is 2.06. The van der Waals surface area contributed by atoms with Gasteiger partial charge >= 0.3 is 5.97 Å². The molecule has 2 rings (SSSR count). The van der Waals surface area contributed by atoms with Crippen molar-refractivity contribution in [3.8, 4) is 11.3 Å². The molecule has 0 spiro atoms. The van der Waals surface area contributed by atoms with E-state index < -0.39 is 0 Å². The normalized spacial score (nSPS) is 11.1. The highest BCUT2D eigenvalue weighted by molar-refractivity contribution is 7.14. The van der Waals surface area contributed by atoms with Crippen molar-refractivity contribution in [1.82, 2.24) is 4.98 Å². The van der Waals surface area contributed by atoms with E-state index in [2.05, 4.69) is 20.8 Å². The monoisotopic (exact) mass is 360 g/mol. The van der Waals surface area contributed by atoms with Gasteiger partial charge in [0.1, 0.15) is 0 Å². The summed E-state index contributed by atoms with van der Waals surface area (Å²) in [7, 11) is 0. The third-order valence-corrected chi connectivity index (χ3v) is 3.80. The van der Waals surface area contributed by atoms with E-state index in [9.17, 15) is 9.59 Å². The van der Waals surface area contributed by atoms with Crippen LogP contribution in [0.15, 0.2) is 34.7 Å². The molecule has 132 valence electrons. The number of hydrogen-bond acceptors (Lipinski definition) is 7. The second kappa shape index (κ2) is 8.93. The molecule has 1 aromatic carbocycles. The van der Waals surface area contributed by atoms with Crippen LogP contribution in [0.3, 0.4) is 0 Å². The first-order valence-electron chi connectivity index (χ1n) is 7.76. The van der Waals surface area contributed by atoms with Crippen molar-refractivity contribution in [3.63, 3.8) is 0 Å². The summed E-state index contributed by atoms with van der Waals surface area (Å²) in [5, 5.41) is 9.40. The van der Waals surface area contributed by atoms with Crippen molar-refractivity contribution in [2.45, 2.75) is 27.2 Å². The van der Waals surface area contributed by atoms with E-state index in [1.54, 1.807) is 13.8 Å². The first kappa shape index (κ1) is 18.6. The lowest BCUT2D eigenvalue weighted by Crippen LogP contribution is -2.10. The fourth-order valence-corrected chi connectivity index (χ4v) is 2.65. The minimum absolute atomic E-state index is 0.107. The van der Waals surface area contributed by atoms with Crippen LogP contribution < -0.4 is 10.7 Å². The Balaban J connectivity index is 1.97. The SMILES string of the molecule is CCOC(=O)C/C(C)=N\Nc1nc(-c2ccc(NC(C)=O)cc2)cs1. The zero-order chi connectivity index (χ0) is 18.2. The van der Waals surface area contributed by atoms with Crippen molar-refractivity contribution in [1.29, 1.82) is 0 Å². The van der Waals surface area contributed by atoms with Gasteiger partial charge in [0.25, 0.3) is 0 Å². The fourth-order valence-electron chi connectivity index (χ4n) is 1.99. The summed E-state index contributed by atoms with van der Waals surface area (Å²) in [6.45, 7) is 5.34. The summed E-state index contributed by atoms with van der Waals surface area (Å²) in [4.78, 5) is 26.9. The van der Waals surface area contributed by atoms with Crippen LogP contribution in [-0.2, 0) is 14.3 Å². The molecular weight excluding hydrogens is 340 g/mol. The molecule has 0 radical (unpaired) electrons. The molecule has 0 fully saturated rings. The van der Waals surface area contributed by atoms with Gasteiger partial charge in [0.05, 0.1) is 18.7 Å². The van der Waals surface area contributed by atoms with Crippen molar-refractivity contribution in [2.24, 2.45) is 5.10 Å².